The van der Waals surface area contributed by atoms with Crippen LogP contribution < -0.4 is 20.7 Å². The van der Waals surface area contributed by atoms with Gasteiger partial charge < -0.3 is 20.7 Å². The third-order valence-corrected chi connectivity index (χ3v) is 8.90. The van der Waals surface area contributed by atoms with Gasteiger partial charge in [-0.15, -0.1) is 23.1 Å². The topological polar surface area (TPSA) is 109 Å². The lowest BCUT2D eigenvalue weighted by atomic mass is 10.1. The van der Waals surface area contributed by atoms with Gasteiger partial charge in [0.05, 0.1) is 17.6 Å². The van der Waals surface area contributed by atoms with E-state index >= 15 is 0 Å². The molecule has 238 valence electrons. The van der Waals surface area contributed by atoms with Crippen LogP contribution in [0.5, 0.6) is 5.75 Å². The minimum Gasteiger partial charge on any atom is -0.494 e. The van der Waals surface area contributed by atoms with Crippen LogP contribution in [0.1, 0.15) is 34.6 Å². The smallest absolute Gasteiger partial charge is 0.272 e. The van der Waals surface area contributed by atoms with Crippen molar-refractivity contribution in [2.24, 2.45) is 0 Å². The van der Waals surface area contributed by atoms with Gasteiger partial charge in [0, 0.05) is 26.6 Å². The number of thiazole rings is 1. The molecule has 0 aliphatic rings. The van der Waals surface area contributed by atoms with Gasteiger partial charge in [0.25, 0.3) is 11.8 Å². The van der Waals surface area contributed by atoms with E-state index in [4.69, 9.17) is 4.74 Å². The van der Waals surface area contributed by atoms with Crippen molar-refractivity contribution in [2.75, 3.05) is 17.2 Å². The number of nitrogens with zero attached hydrogens (tertiary/aromatic N) is 1. The zero-order valence-electron chi connectivity index (χ0n) is 26.2. The third kappa shape index (κ3) is 9.18. The van der Waals surface area contributed by atoms with Crippen LogP contribution in [0.25, 0.3) is 17.3 Å². The molecule has 5 rings (SSSR count). The van der Waals surface area contributed by atoms with Crippen LogP contribution in [0, 0.1) is 6.92 Å². The SMILES string of the molecule is CCOc1ccc(/C=C(\NC(=O)c2ccccc2)C(=O)Nc2ccc(SC(C)C(=O)Nc3nc(-c4ccccc4)c(C)s3)cc2)cc1. The molecule has 0 fully saturated rings. The van der Waals surface area contributed by atoms with E-state index in [9.17, 15) is 14.4 Å². The van der Waals surface area contributed by atoms with Crippen LogP contribution in [-0.4, -0.2) is 34.6 Å². The second-order valence-electron chi connectivity index (χ2n) is 10.4. The molecule has 0 saturated carbocycles. The third-order valence-electron chi connectivity index (χ3n) is 6.90. The molecule has 5 aromatic rings. The molecule has 1 heterocycles. The number of amides is 3. The number of hydrogen-bond donors (Lipinski definition) is 3. The van der Waals surface area contributed by atoms with E-state index in [1.54, 1.807) is 42.5 Å². The van der Waals surface area contributed by atoms with Crippen LogP contribution in [0.15, 0.2) is 120 Å². The first-order chi connectivity index (χ1) is 22.8. The average Bonchev–Trinajstić information content (AvgIpc) is 3.46. The van der Waals surface area contributed by atoms with E-state index in [2.05, 4.69) is 20.9 Å². The number of carbonyl (C=O) groups is 3. The molecule has 3 N–H and O–H groups in total. The fraction of sp³-hybridized carbons (Fsp3) is 0.135. The zero-order valence-corrected chi connectivity index (χ0v) is 27.8. The predicted molar refractivity (Wildman–Crippen MR) is 191 cm³/mol. The maximum Gasteiger partial charge on any atom is 0.272 e. The second kappa shape index (κ2) is 15.9. The van der Waals surface area contributed by atoms with Gasteiger partial charge in [-0.25, -0.2) is 4.98 Å². The molecular weight excluding hydrogens is 629 g/mol. The largest absolute Gasteiger partial charge is 0.494 e. The molecule has 1 unspecified atom stereocenters. The predicted octanol–water partition coefficient (Wildman–Crippen LogP) is 8.05. The van der Waals surface area contributed by atoms with Gasteiger partial charge in [-0.3, -0.25) is 14.4 Å². The Morgan fingerprint density at radius 2 is 1.53 bits per heavy atom. The standard InChI is InChI=1S/C37H34N4O4S2/c1-4-45-30-19-15-26(16-20-30)23-32(39-35(43)28-13-9-6-10-14-28)36(44)38-29-17-21-31(22-18-29)46-25(3)34(42)41-37-40-33(24(2)47-37)27-11-7-5-8-12-27/h5-23,25H,4H2,1-3H3,(H,38,44)(H,39,43)(H,40,41,42)/b32-23-. The summed E-state index contributed by atoms with van der Waals surface area (Å²) in [5.41, 5.74) is 3.64. The summed E-state index contributed by atoms with van der Waals surface area (Å²) < 4.78 is 5.51. The first-order valence-corrected chi connectivity index (χ1v) is 16.7. The highest BCUT2D eigenvalue weighted by Gasteiger charge is 2.19. The summed E-state index contributed by atoms with van der Waals surface area (Å²) in [5, 5.41) is 8.73. The van der Waals surface area contributed by atoms with Gasteiger partial charge in [0.1, 0.15) is 11.4 Å². The zero-order chi connectivity index (χ0) is 33.2. The molecule has 47 heavy (non-hydrogen) atoms. The molecule has 0 bridgehead atoms. The molecule has 8 nitrogen and oxygen atoms in total. The lowest BCUT2D eigenvalue weighted by Gasteiger charge is -2.13. The molecule has 1 atom stereocenters. The number of benzene rings is 4. The molecule has 0 aliphatic carbocycles. The van der Waals surface area contributed by atoms with Crippen LogP contribution in [-0.2, 0) is 9.59 Å². The van der Waals surface area contributed by atoms with Gasteiger partial charge in [0.2, 0.25) is 5.91 Å². The highest BCUT2D eigenvalue weighted by atomic mass is 32.2. The molecule has 4 aromatic carbocycles. The van der Waals surface area contributed by atoms with E-state index < -0.39 is 17.1 Å². The molecular formula is C37H34N4O4S2. The fourth-order valence-corrected chi connectivity index (χ4v) is 6.24. The van der Waals surface area contributed by atoms with Crippen LogP contribution in [0.2, 0.25) is 0 Å². The highest BCUT2D eigenvalue weighted by molar-refractivity contribution is 8.00. The number of aromatic nitrogens is 1. The minimum atomic E-state index is -0.482. The van der Waals surface area contributed by atoms with Gasteiger partial charge in [0.15, 0.2) is 5.13 Å². The molecule has 10 heteroatoms. The van der Waals surface area contributed by atoms with Crippen molar-refractivity contribution in [2.45, 2.75) is 30.9 Å². The molecule has 0 spiro atoms. The maximum absolute atomic E-state index is 13.4. The van der Waals surface area contributed by atoms with Crippen molar-refractivity contribution in [1.29, 1.82) is 0 Å². The number of carbonyl (C=O) groups excluding carboxylic acids is 3. The summed E-state index contributed by atoms with van der Waals surface area (Å²) in [5.74, 6) is -0.325. The summed E-state index contributed by atoms with van der Waals surface area (Å²) in [7, 11) is 0. The van der Waals surface area contributed by atoms with Crippen molar-refractivity contribution >= 4 is 57.7 Å². The number of thioether (sulfide) groups is 1. The molecule has 3 amide bonds. The minimum absolute atomic E-state index is 0.0830. The molecule has 0 saturated heterocycles. The number of nitrogens with one attached hydrogen (secondary N) is 3. The lowest BCUT2D eigenvalue weighted by Crippen LogP contribution is -2.30. The Labute approximate surface area is 282 Å². The lowest BCUT2D eigenvalue weighted by molar-refractivity contribution is -0.115. The Balaban J connectivity index is 1.23. The summed E-state index contributed by atoms with van der Waals surface area (Å²) in [6.07, 6.45) is 1.61. The summed E-state index contributed by atoms with van der Waals surface area (Å²) in [6.45, 7) is 6.28. The van der Waals surface area contributed by atoms with Crippen molar-refractivity contribution in [3.8, 4) is 17.0 Å². The number of ether oxygens (including phenoxy) is 1. The normalized spacial score (nSPS) is 11.8. The van der Waals surface area contributed by atoms with Gasteiger partial charge >= 0.3 is 0 Å². The van der Waals surface area contributed by atoms with Crippen molar-refractivity contribution < 1.29 is 19.1 Å². The molecule has 0 aliphatic heterocycles. The summed E-state index contributed by atoms with van der Waals surface area (Å²) >= 11 is 2.85. The van der Waals surface area contributed by atoms with E-state index in [0.29, 0.717) is 28.7 Å². The fourth-order valence-electron chi connectivity index (χ4n) is 4.53. The van der Waals surface area contributed by atoms with E-state index in [1.165, 1.54) is 23.1 Å². The summed E-state index contributed by atoms with van der Waals surface area (Å²) in [6, 6.07) is 33.0. The van der Waals surface area contributed by atoms with E-state index in [1.807, 2.05) is 93.6 Å². The number of rotatable bonds is 12. The highest BCUT2D eigenvalue weighted by Crippen LogP contribution is 2.31. The monoisotopic (exact) mass is 662 g/mol. The van der Waals surface area contributed by atoms with Crippen molar-refractivity contribution in [3.63, 3.8) is 0 Å². The number of aryl methyl sites for hydroxylation is 1. The van der Waals surface area contributed by atoms with E-state index in [0.717, 1.165) is 26.6 Å². The first-order valence-electron chi connectivity index (χ1n) is 15.0. The van der Waals surface area contributed by atoms with Crippen molar-refractivity contribution in [3.05, 3.63) is 131 Å². The van der Waals surface area contributed by atoms with Gasteiger partial charge in [-0.1, -0.05) is 60.7 Å². The van der Waals surface area contributed by atoms with Crippen molar-refractivity contribution in [1.82, 2.24) is 10.3 Å². The Kier molecular flexibility index (Phi) is 11.2. The summed E-state index contributed by atoms with van der Waals surface area (Å²) in [4.78, 5) is 45.9. The van der Waals surface area contributed by atoms with Crippen LogP contribution >= 0.6 is 23.1 Å². The Bertz CT molecular complexity index is 1860. The quantitative estimate of drug-likeness (QED) is 0.0922. The van der Waals surface area contributed by atoms with Crippen LogP contribution in [0.4, 0.5) is 10.8 Å². The molecule has 0 radical (unpaired) electrons. The second-order valence-corrected chi connectivity index (χ2v) is 13.0. The number of hydrogen-bond acceptors (Lipinski definition) is 7. The van der Waals surface area contributed by atoms with Crippen LogP contribution in [0.3, 0.4) is 0 Å². The Hall–Kier alpha value is -5.19. The van der Waals surface area contributed by atoms with Gasteiger partial charge in [-0.05, 0) is 80.9 Å². The molecule has 1 aromatic heterocycles. The Morgan fingerprint density at radius 3 is 2.19 bits per heavy atom. The van der Waals surface area contributed by atoms with Gasteiger partial charge in [-0.2, -0.15) is 0 Å². The Morgan fingerprint density at radius 1 is 0.872 bits per heavy atom. The maximum atomic E-state index is 13.4. The first kappa shape index (κ1) is 33.2. The average molecular weight is 663 g/mol. The van der Waals surface area contributed by atoms with E-state index in [-0.39, 0.29) is 11.6 Å². The number of anilines is 2.